The topological polar surface area (TPSA) is 67.0 Å². The molecule has 0 saturated heterocycles. The molecule has 1 aromatic heterocycles. The summed E-state index contributed by atoms with van der Waals surface area (Å²) in [6.07, 6.45) is 3.67. The first kappa shape index (κ1) is 14.3. The summed E-state index contributed by atoms with van der Waals surface area (Å²) in [6.45, 7) is 1.29. The number of anilines is 1. The van der Waals surface area contributed by atoms with Crippen molar-refractivity contribution in [2.75, 3.05) is 18.5 Å². The van der Waals surface area contributed by atoms with Crippen molar-refractivity contribution >= 4 is 11.7 Å². The average Bonchev–Trinajstić information content (AvgIpc) is 2.96. The van der Waals surface area contributed by atoms with Gasteiger partial charge in [0.05, 0.1) is 12.8 Å². The summed E-state index contributed by atoms with van der Waals surface area (Å²) in [5.74, 6) is 0.598. The smallest absolute Gasteiger partial charge is 0.225 e. The Labute approximate surface area is 118 Å². The van der Waals surface area contributed by atoms with Gasteiger partial charge in [-0.3, -0.25) is 9.89 Å². The van der Waals surface area contributed by atoms with Crippen LogP contribution in [0.5, 0.6) is 0 Å². The number of hydrogen-bond acceptors (Lipinski definition) is 3. The molecule has 0 aliphatic carbocycles. The lowest BCUT2D eigenvalue weighted by atomic mass is 10.2. The Morgan fingerprint density at radius 2 is 2.05 bits per heavy atom. The number of benzene rings is 1. The van der Waals surface area contributed by atoms with E-state index in [-0.39, 0.29) is 5.91 Å². The summed E-state index contributed by atoms with van der Waals surface area (Å²) in [6, 6.07) is 11.9. The molecule has 2 N–H and O–H groups in total. The molecule has 2 rings (SSSR count). The van der Waals surface area contributed by atoms with Crippen LogP contribution in [0.2, 0.25) is 0 Å². The Balaban J connectivity index is 1.50. The second-order valence-electron chi connectivity index (χ2n) is 4.47. The van der Waals surface area contributed by atoms with Crippen molar-refractivity contribution in [2.45, 2.75) is 19.3 Å². The third-order valence-electron chi connectivity index (χ3n) is 2.85. The van der Waals surface area contributed by atoms with E-state index in [9.17, 15) is 4.79 Å². The summed E-state index contributed by atoms with van der Waals surface area (Å²) in [7, 11) is 0. The van der Waals surface area contributed by atoms with Crippen LogP contribution in [0.25, 0.3) is 0 Å². The van der Waals surface area contributed by atoms with Gasteiger partial charge in [0.15, 0.2) is 0 Å². The summed E-state index contributed by atoms with van der Waals surface area (Å²) >= 11 is 0. The third kappa shape index (κ3) is 5.24. The van der Waals surface area contributed by atoms with Crippen LogP contribution in [0.3, 0.4) is 0 Å². The van der Waals surface area contributed by atoms with Gasteiger partial charge in [0.25, 0.3) is 0 Å². The van der Waals surface area contributed by atoms with Crippen molar-refractivity contribution < 1.29 is 9.53 Å². The lowest BCUT2D eigenvalue weighted by Gasteiger charge is -2.05. The normalized spacial score (nSPS) is 10.4. The lowest BCUT2D eigenvalue weighted by Crippen LogP contribution is -2.12. The highest BCUT2D eigenvalue weighted by Crippen LogP contribution is 2.02. The maximum Gasteiger partial charge on any atom is 0.225 e. The molecule has 106 valence electrons. The molecule has 1 amide bonds. The highest BCUT2D eigenvalue weighted by Gasteiger charge is 2.02. The number of nitrogens with one attached hydrogen (secondary N) is 2. The molecule has 5 heteroatoms. The van der Waals surface area contributed by atoms with Crippen LogP contribution in [-0.4, -0.2) is 29.3 Å². The Morgan fingerprint density at radius 1 is 1.20 bits per heavy atom. The number of aromatic amines is 1. The van der Waals surface area contributed by atoms with Crippen molar-refractivity contribution in [1.29, 1.82) is 0 Å². The monoisotopic (exact) mass is 273 g/mol. The Hall–Kier alpha value is -2.14. The van der Waals surface area contributed by atoms with Crippen LogP contribution in [-0.2, 0) is 16.0 Å². The van der Waals surface area contributed by atoms with Gasteiger partial charge in [-0.1, -0.05) is 30.3 Å². The van der Waals surface area contributed by atoms with Crippen LogP contribution in [0.1, 0.15) is 18.4 Å². The first-order chi connectivity index (χ1) is 9.84. The molecule has 0 aliphatic rings. The molecular formula is C15H19N3O2. The summed E-state index contributed by atoms with van der Waals surface area (Å²) in [5.41, 5.74) is 1.27. The van der Waals surface area contributed by atoms with E-state index in [4.69, 9.17) is 4.74 Å². The van der Waals surface area contributed by atoms with Crippen LogP contribution in [0, 0.1) is 0 Å². The van der Waals surface area contributed by atoms with E-state index in [1.807, 2.05) is 18.2 Å². The van der Waals surface area contributed by atoms with E-state index in [1.165, 1.54) is 5.56 Å². The first-order valence-electron chi connectivity index (χ1n) is 6.75. The zero-order chi connectivity index (χ0) is 14.0. The summed E-state index contributed by atoms with van der Waals surface area (Å²) in [5, 5.41) is 9.17. The Kier molecular flexibility index (Phi) is 5.79. The van der Waals surface area contributed by atoms with Gasteiger partial charge in [0, 0.05) is 19.1 Å². The molecule has 0 unspecified atom stereocenters. The van der Waals surface area contributed by atoms with Crippen LogP contribution < -0.4 is 5.32 Å². The minimum Gasteiger partial charge on any atom is -0.381 e. The highest BCUT2D eigenvalue weighted by atomic mass is 16.5. The van der Waals surface area contributed by atoms with Crippen molar-refractivity contribution in [2.24, 2.45) is 0 Å². The van der Waals surface area contributed by atoms with E-state index in [0.29, 0.717) is 25.5 Å². The number of hydrogen-bond donors (Lipinski definition) is 2. The second kappa shape index (κ2) is 8.12. The van der Waals surface area contributed by atoms with Gasteiger partial charge in [-0.05, 0) is 18.4 Å². The standard InChI is InChI=1S/C15H19N3O2/c19-15(17-14-8-10-16-18-14)7-4-11-20-12-9-13-5-2-1-3-6-13/h1-3,5-6,8,10H,4,7,9,11-12H2,(H2,16,17,18,19). The van der Waals surface area contributed by atoms with Gasteiger partial charge in [-0.25, -0.2) is 0 Å². The minimum atomic E-state index is -0.0269. The molecule has 0 atom stereocenters. The fraction of sp³-hybridized carbons (Fsp3) is 0.333. The molecule has 0 radical (unpaired) electrons. The third-order valence-corrected chi connectivity index (χ3v) is 2.85. The number of aromatic nitrogens is 2. The van der Waals surface area contributed by atoms with Gasteiger partial charge in [0.1, 0.15) is 5.82 Å². The van der Waals surface area contributed by atoms with Crippen molar-refractivity contribution in [3.63, 3.8) is 0 Å². The molecule has 1 aromatic carbocycles. The summed E-state index contributed by atoms with van der Waals surface area (Å²) < 4.78 is 5.52. The second-order valence-corrected chi connectivity index (χ2v) is 4.47. The van der Waals surface area contributed by atoms with Gasteiger partial charge in [-0.15, -0.1) is 0 Å². The zero-order valence-electron chi connectivity index (χ0n) is 11.3. The number of rotatable bonds is 8. The number of amides is 1. The molecule has 1 heterocycles. The fourth-order valence-corrected chi connectivity index (χ4v) is 1.81. The molecule has 0 spiro atoms. The number of nitrogens with zero attached hydrogens (tertiary/aromatic N) is 1. The van der Waals surface area contributed by atoms with Gasteiger partial charge >= 0.3 is 0 Å². The van der Waals surface area contributed by atoms with Crippen LogP contribution in [0.15, 0.2) is 42.6 Å². The minimum absolute atomic E-state index is 0.0269. The Morgan fingerprint density at radius 3 is 2.80 bits per heavy atom. The molecule has 2 aromatic rings. The van der Waals surface area contributed by atoms with E-state index >= 15 is 0 Å². The van der Waals surface area contributed by atoms with E-state index in [1.54, 1.807) is 12.3 Å². The molecule has 5 nitrogen and oxygen atoms in total. The number of H-pyrrole nitrogens is 1. The van der Waals surface area contributed by atoms with E-state index < -0.39 is 0 Å². The average molecular weight is 273 g/mol. The maximum atomic E-state index is 11.6. The zero-order valence-corrected chi connectivity index (χ0v) is 11.3. The number of ether oxygens (including phenoxy) is 1. The molecule has 0 fully saturated rings. The summed E-state index contributed by atoms with van der Waals surface area (Å²) in [4.78, 5) is 11.6. The maximum absolute atomic E-state index is 11.6. The van der Waals surface area contributed by atoms with Crippen molar-refractivity contribution in [3.8, 4) is 0 Å². The molecular weight excluding hydrogens is 254 g/mol. The Bertz CT molecular complexity index is 497. The van der Waals surface area contributed by atoms with Crippen molar-refractivity contribution in [3.05, 3.63) is 48.2 Å². The number of carbonyl (C=O) groups excluding carboxylic acids is 1. The predicted octanol–water partition coefficient (Wildman–Crippen LogP) is 2.39. The quantitative estimate of drug-likeness (QED) is 0.726. The van der Waals surface area contributed by atoms with E-state index in [0.717, 1.165) is 12.8 Å². The predicted molar refractivity (Wildman–Crippen MR) is 77.4 cm³/mol. The van der Waals surface area contributed by atoms with E-state index in [2.05, 4.69) is 27.6 Å². The molecule has 0 saturated carbocycles. The molecule has 0 aliphatic heterocycles. The number of carbonyl (C=O) groups is 1. The largest absolute Gasteiger partial charge is 0.381 e. The van der Waals surface area contributed by atoms with Crippen LogP contribution >= 0.6 is 0 Å². The van der Waals surface area contributed by atoms with Gasteiger partial charge in [-0.2, -0.15) is 5.10 Å². The van der Waals surface area contributed by atoms with Gasteiger partial charge < -0.3 is 10.1 Å². The fourth-order valence-electron chi connectivity index (χ4n) is 1.81. The van der Waals surface area contributed by atoms with Gasteiger partial charge in [0.2, 0.25) is 5.91 Å². The van der Waals surface area contributed by atoms with Crippen molar-refractivity contribution in [1.82, 2.24) is 10.2 Å². The molecule has 0 bridgehead atoms. The molecule has 20 heavy (non-hydrogen) atoms. The lowest BCUT2D eigenvalue weighted by molar-refractivity contribution is -0.116. The highest BCUT2D eigenvalue weighted by molar-refractivity contribution is 5.89. The van der Waals surface area contributed by atoms with Crippen LogP contribution in [0.4, 0.5) is 5.82 Å². The first-order valence-corrected chi connectivity index (χ1v) is 6.75. The SMILES string of the molecule is O=C(CCCOCCc1ccccc1)Nc1ccn[nH]1.